The van der Waals surface area contributed by atoms with E-state index >= 15 is 0 Å². The lowest BCUT2D eigenvalue weighted by Crippen LogP contribution is -2.02. The van der Waals surface area contributed by atoms with E-state index in [1.807, 2.05) is 0 Å². The molecule has 0 atom stereocenters. The van der Waals surface area contributed by atoms with Gasteiger partial charge in [-0.05, 0) is 17.7 Å². The highest BCUT2D eigenvalue weighted by atomic mass is 16.5. The Bertz CT molecular complexity index is 822. The summed E-state index contributed by atoms with van der Waals surface area (Å²) < 4.78 is 10.2. The average molecular weight is 281 g/mol. The van der Waals surface area contributed by atoms with Crippen LogP contribution in [0.5, 0.6) is 0 Å². The van der Waals surface area contributed by atoms with Crippen LogP contribution >= 0.6 is 0 Å². The summed E-state index contributed by atoms with van der Waals surface area (Å²) >= 11 is 0. The molecule has 1 aromatic carbocycles. The fourth-order valence-electron chi connectivity index (χ4n) is 1.84. The van der Waals surface area contributed by atoms with Gasteiger partial charge >= 0.3 is 5.63 Å². The van der Waals surface area contributed by atoms with Crippen molar-refractivity contribution < 1.29 is 9.15 Å². The zero-order valence-corrected chi connectivity index (χ0v) is 11.2. The third kappa shape index (κ3) is 3.27. The van der Waals surface area contributed by atoms with E-state index in [0.29, 0.717) is 17.9 Å². The largest absolute Gasteiger partial charge is 0.423 e. The number of methoxy groups -OCH3 is 1. The summed E-state index contributed by atoms with van der Waals surface area (Å²) in [5, 5.41) is 20.9. The van der Waals surface area contributed by atoms with Crippen LogP contribution in [0, 0.1) is 22.7 Å². The predicted molar refractivity (Wildman–Crippen MR) is 76.1 cm³/mol. The molecule has 0 radical (unpaired) electrons. The second kappa shape index (κ2) is 6.38. The monoisotopic (exact) mass is 281 g/mol. The first-order valence-corrected chi connectivity index (χ1v) is 6.00. The topological polar surface area (TPSA) is 99.0 Å². The summed E-state index contributed by atoms with van der Waals surface area (Å²) in [5.74, 6) is 0. The smallest absolute Gasteiger partial charge is 0.336 e. The van der Waals surface area contributed by atoms with Crippen molar-refractivity contribution in [3.8, 4) is 12.1 Å². The number of hydrogen-bond donors (Lipinski definition) is 1. The molecule has 0 amide bonds. The summed E-state index contributed by atoms with van der Waals surface area (Å²) in [6.45, 7) is 0.307. The Morgan fingerprint density at radius 3 is 2.81 bits per heavy atom. The molecule has 1 N–H and O–H groups in total. The summed E-state index contributed by atoms with van der Waals surface area (Å²) in [6, 6.07) is 10.0. The zero-order valence-electron chi connectivity index (χ0n) is 11.2. The number of benzene rings is 1. The maximum Gasteiger partial charge on any atom is 0.336 e. The Morgan fingerprint density at radius 2 is 2.14 bits per heavy atom. The second-order valence-corrected chi connectivity index (χ2v) is 4.16. The van der Waals surface area contributed by atoms with Crippen molar-refractivity contribution in [2.24, 2.45) is 0 Å². The van der Waals surface area contributed by atoms with Crippen LogP contribution in [-0.2, 0) is 11.3 Å². The molecule has 0 aliphatic rings. The highest BCUT2D eigenvalue weighted by Gasteiger charge is 2.06. The molecule has 2 rings (SSSR count). The van der Waals surface area contributed by atoms with Gasteiger partial charge in [0.05, 0.1) is 6.61 Å². The van der Waals surface area contributed by atoms with Gasteiger partial charge in [0.25, 0.3) is 0 Å². The minimum absolute atomic E-state index is 0.0512. The highest BCUT2D eigenvalue weighted by Crippen LogP contribution is 2.22. The molecular formula is C15H11N3O3. The SMILES string of the molecule is COCc1cc(=O)oc2cc(NC=C(C#N)C#N)ccc12. The van der Waals surface area contributed by atoms with Gasteiger partial charge < -0.3 is 14.5 Å². The van der Waals surface area contributed by atoms with Gasteiger partial charge in [-0.1, -0.05) is 0 Å². The van der Waals surface area contributed by atoms with E-state index in [2.05, 4.69) is 5.32 Å². The van der Waals surface area contributed by atoms with Crippen LogP contribution in [0.4, 0.5) is 5.69 Å². The van der Waals surface area contributed by atoms with Crippen molar-refractivity contribution >= 4 is 16.7 Å². The predicted octanol–water partition coefficient (Wildman–Crippen LogP) is 2.28. The molecule has 0 saturated heterocycles. The van der Waals surface area contributed by atoms with Crippen LogP contribution in [-0.4, -0.2) is 7.11 Å². The summed E-state index contributed by atoms with van der Waals surface area (Å²) in [6.07, 6.45) is 1.29. The normalized spacial score (nSPS) is 9.67. The molecular weight excluding hydrogens is 270 g/mol. The number of nitrogens with one attached hydrogen (secondary N) is 1. The van der Waals surface area contributed by atoms with E-state index in [9.17, 15) is 4.79 Å². The fourth-order valence-corrected chi connectivity index (χ4v) is 1.84. The Balaban J connectivity index is 2.43. The molecule has 6 heteroatoms. The average Bonchev–Trinajstić information content (AvgIpc) is 2.48. The molecule has 0 fully saturated rings. The lowest BCUT2D eigenvalue weighted by atomic mass is 10.1. The van der Waals surface area contributed by atoms with Gasteiger partial charge in [-0.2, -0.15) is 10.5 Å². The van der Waals surface area contributed by atoms with E-state index in [4.69, 9.17) is 19.7 Å². The van der Waals surface area contributed by atoms with E-state index in [1.54, 1.807) is 37.4 Å². The number of fused-ring (bicyclic) bond motifs is 1. The van der Waals surface area contributed by atoms with E-state index in [0.717, 1.165) is 10.9 Å². The molecule has 0 aliphatic carbocycles. The maximum absolute atomic E-state index is 11.5. The minimum Gasteiger partial charge on any atom is -0.423 e. The first kappa shape index (κ1) is 14.3. The van der Waals surface area contributed by atoms with Crippen molar-refractivity contribution in [2.45, 2.75) is 6.61 Å². The van der Waals surface area contributed by atoms with Gasteiger partial charge in [0.15, 0.2) is 0 Å². The van der Waals surface area contributed by atoms with E-state index in [-0.39, 0.29) is 5.57 Å². The third-order valence-corrected chi connectivity index (χ3v) is 2.75. The third-order valence-electron chi connectivity index (χ3n) is 2.75. The number of hydrogen-bond acceptors (Lipinski definition) is 6. The molecule has 104 valence electrons. The molecule has 0 aliphatic heterocycles. The molecule has 0 spiro atoms. The van der Waals surface area contributed by atoms with Crippen LogP contribution < -0.4 is 10.9 Å². The van der Waals surface area contributed by atoms with Crippen LogP contribution in [0.25, 0.3) is 11.0 Å². The minimum atomic E-state index is -0.461. The number of allylic oxidation sites excluding steroid dienone is 1. The summed E-state index contributed by atoms with van der Waals surface area (Å²) in [7, 11) is 1.55. The van der Waals surface area contributed by atoms with Crippen molar-refractivity contribution in [2.75, 3.05) is 12.4 Å². The quantitative estimate of drug-likeness (QED) is 0.681. The molecule has 0 bridgehead atoms. The Labute approximate surface area is 120 Å². The number of rotatable bonds is 4. The number of anilines is 1. The first-order chi connectivity index (χ1) is 10.2. The first-order valence-electron chi connectivity index (χ1n) is 6.00. The Kier molecular flexibility index (Phi) is 4.35. The molecule has 1 aromatic heterocycles. The Hall–Kier alpha value is -3.09. The lowest BCUT2D eigenvalue weighted by molar-refractivity contribution is 0.185. The molecule has 0 unspecified atom stereocenters. The van der Waals surface area contributed by atoms with Gasteiger partial charge in [-0.15, -0.1) is 0 Å². The maximum atomic E-state index is 11.5. The Morgan fingerprint density at radius 1 is 1.38 bits per heavy atom. The van der Waals surface area contributed by atoms with Gasteiger partial charge in [-0.25, -0.2) is 4.79 Å². The summed E-state index contributed by atoms with van der Waals surface area (Å²) in [5.41, 5.74) is 1.23. The fraction of sp³-hybridized carbons (Fsp3) is 0.133. The number of ether oxygens (including phenoxy) is 1. The van der Waals surface area contributed by atoms with Crippen molar-refractivity contribution in [1.29, 1.82) is 10.5 Å². The zero-order chi connectivity index (χ0) is 15.2. The molecule has 0 saturated carbocycles. The molecule has 2 aromatic rings. The van der Waals surface area contributed by atoms with E-state index in [1.165, 1.54) is 12.3 Å². The highest BCUT2D eigenvalue weighted by molar-refractivity contribution is 5.83. The lowest BCUT2D eigenvalue weighted by Gasteiger charge is -2.06. The van der Waals surface area contributed by atoms with E-state index < -0.39 is 5.63 Å². The number of nitrogens with zero attached hydrogens (tertiary/aromatic N) is 2. The van der Waals surface area contributed by atoms with Gasteiger partial charge in [0.2, 0.25) is 0 Å². The van der Waals surface area contributed by atoms with Gasteiger partial charge in [-0.3, -0.25) is 0 Å². The van der Waals surface area contributed by atoms with Crippen molar-refractivity contribution in [3.63, 3.8) is 0 Å². The van der Waals surface area contributed by atoms with Crippen molar-refractivity contribution in [1.82, 2.24) is 0 Å². The van der Waals surface area contributed by atoms with Crippen LogP contribution in [0.15, 0.2) is 45.3 Å². The number of nitriles is 2. The van der Waals surface area contributed by atoms with Crippen molar-refractivity contribution in [3.05, 3.63) is 52.0 Å². The molecule has 1 heterocycles. The standard InChI is InChI=1S/C15H11N3O3/c1-20-9-11-4-15(19)21-14-5-12(2-3-13(11)14)18-8-10(6-16)7-17/h2-5,8,18H,9H2,1H3. The van der Waals surface area contributed by atoms with Gasteiger partial charge in [0.1, 0.15) is 23.3 Å². The van der Waals surface area contributed by atoms with Crippen LogP contribution in [0.2, 0.25) is 0 Å². The molecule has 21 heavy (non-hydrogen) atoms. The van der Waals surface area contributed by atoms with Crippen LogP contribution in [0.3, 0.4) is 0 Å². The summed E-state index contributed by atoms with van der Waals surface area (Å²) in [4.78, 5) is 11.5. The molecule has 6 nitrogen and oxygen atoms in total. The second-order valence-electron chi connectivity index (χ2n) is 4.16. The van der Waals surface area contributed by atoms with Crippen LogP contribution in [0.1, 0.15) is 5.56 Å². The van der Waals surface area contributed by atoms with Gasteiger partial charge in [0, 0.05) is 36.5 Å².